The fourth-order valence-corrected chi connectivity index (χ4v) is 1.37. The van der Waals surface area contributed by atoms with Crippen LogP contribution >= 0.6 is 0 Å². The zero-order valence-corrected chi connectivity index (χ0v) is 9.17. The van der Waals surface area contributed by atoms with Gasteiger partial charge >= 0.3 is 0 Å². The minimum atomic E-state index is -1.16. The minimum absolute atomic E-state index is 0.276. The number of hydrogen-bond donors (Lipinski definition) is 3. The van der Waals surface area contributed by atoms with Gasteiger partial charge in [0.25, 0.3) is 0 Å². The number of ether oxygens (including phenoxy) is 2. The van der Waals surface area contributed by atoms with Crippen LogP contribution < -0.4 is 0 Å². The van der Waals surface area contributed by atoms with Crippen LogP contribution in [0.5, 0.6) is 0 Å². The van der Waals surface area contributed by atoms with E-state index in [0.29, 0.717) is 0 Å². The highest BCUT2D eigenvalue weighted by atomic mass is 16.6. The molecule has 1 unspecified atom stereocenters. The van der Waals surface area contributed by atoms with Crippen molar-refractivity contribution in [2.75, 3.05) is 6.61 Å². The summed E-state index contributed by atoms with van der Waals surface area (Å²) in [5, 5.41) is 28.0. The standard InChI is InChI=1S/C10H18O5/c1-10(2,3)15-9-7(4-11)14-5-6(12)8(9)13/h5,7-9,11-13H,4H2,1-3H3/t7?,8-,9-/m0/s1. The molecule has 1 rings (SSSR count). The van der Waals surface area contributed by atoms with Crippen LogP contribution in [0.15, 0.2) is 12.0 Å². The van der Waals surface area contributed by atoms with Crippen molar-refractivity contribution >= 4 is 0 Å². The van der Waals surface area contributed by atoms with E-state index in [9.17, 15) is 10.2 Å². The van der Waals surface area contributed by atoms with Crippen LogP contribution in [-0.2, 0) is 9.47 Å². The Hall–Kier alpha value is -0.780. The Bertz CT molecular complexity index is 243. The van der Waals surface area contributed by atoms with Crippen molar-refractivity contribution in [2.45, 2.75) is 44.7 Å². The molecule has 5 nitrogen and oxygen atoms in total. The van der Waals surface area contributed by atoms with Gasteiger partial charge in [-0.3, -0.25) is 0 Å². The lowest BCUT2D eigenvalue weighted by molar-refractivity contribution is -0.174. The van der Waals surface area contributed by atoms with E-state index >= 15 is 0 Å². The van der Waals surface area contributed by atoms with Crippen molar-refractivity contribution < 1.29 is 24.8 Å². The summed E-state index contributed by atoms with van der Waals surface area (Å²) in [6, 6.07) is 0. The van der Waals surface area contributed by atoms with Gasteiger partial charge < -0.3 is 24.8 Å². The van der Waals surface area contributed by atoms with Crippen LogP contribution in [-0.4, -0.2) is 45.8 Å². The third-order valence-electron chi connectivity index (χ3n) is 2.01. The van der Waals surface area contributed by atoms with Gasteiger partial charge in [0.15, 0.2) is 5.76 Å². The lowest BCUT2D eigenvalue weighted by Gasteiger charge is -2.36. The second-order valence-electron chi connectivity index (χ2n) is 4.54. The zero-order valence-electron chi connectivity index (χ0n) is 9.17. The third kappa shape index (κ3) is 3.09. The maximum atomic E-state index is 9.67. The third-order valence-corrected chi connectivity index (χ3v) is 2.01. The number of aliphatic hydroxyl groups is 3. The molecule has 88 valence electrons. The molecule has 0 saturated heterocycles. The van der Waals surface area contributed by atoms with Gasteiger partial charge in [0, 0.05) is 0 Å². The summed E-state index contributed by atoms with van der Waals surface area (Å²) >= 11 is 0. The summed E-state index contributed by atoms with van der Waals surface area (Å²) in [5.41, 5.74) is -0.486. The lowest BCUT2D eigenvalue weighted by atomic mass is 10.0. The Labute approximate surface area is 88.9 Å². The topological polar surface area (TPSA) is 79.2 Å². The lowest BCUT2D eigenvalue weighted by Crippen LogP contribution is -2.49. The molecule has 0 aliphatic carbocycles. The highest BCUT2D eigenvalue weighted by Crippen LogP contribution is 2.24. The molecule has 5 heteroatoms. The van der Waals surface area contributed by atoms with Gasteiger partial charge in [-0.2, -0.15) is 0 Å². The second-order valence-corrected chi connectivity index (χ2v) is 4.54. The number of hydrogen-bond acceptors (Lipinski definition) is 5. The molecule has 0 radical (unpaired) electrons. The summed E-state index contributed by atoms with van der Waals surface area (Å²) in [4.78, 5) is 0. The maximum Gasteiger partial charge on any atom is 0.158 e. The molecule has 0 bridgehead atoms. The summed E-state index contributed by atoms with van der Waals surface area (Å²) in [6.45, 7) is 5.19. The van der Waals surface area contributed by atoms with Crippen LogP contribution in [0.4, 0.5) is 0 Å². The van der Waals surface area contributed by atoms with Crippen LogP contribution in [0.3, 0.4) is 0 Å². The second kappa shape index (κ2) is 4.38. The van der Waals surface area contributed by atoms with Crippen molar-refractivity contribution in [3.05, 3.63) is 12.0 Å². The van der Waals surface area contributed by atoms with Gasteiger partial charge in [-0.25, -0.2) is 0 Å². The molecule has 1 aliphatic rings. The Kier molecular flexibility index (Phi) is 3.59. The van der Waals surface area contributed by atoms with E-state index in [1.165, 1.54) is 0 Å². The average Bonchev–Trinajstić information content (AvgIpc) is 2.11. The molecule has 3 atom stereocenters. The first kappa shape index (κ1) is 12.3. The molecule has 15 heavy (non-hydrogen) atoms. The Balaban J connectivity index is 2.77. The maximum absolute atomic E-state index is 9.67. The van der Waals surface area contributed by atoms with E-state index in [0.717, 1.165) is 6.26 Å². The van der Waals surface area contributed by atoms with Gasteiger partial charge in [-0.1, -0.05) is 0 Å². The molecule has 0 fully saturated rings. The summed E-state index contributed by atoms with van der Waals surface area (Å²) in [6.07, 6.45) is -1.54. The van der Waals surface area contributed by atoms with E-state index in [-0.39, 0.29) is 12.4 Å². The predicted octanol–water partition coefficient (Wildman–Crippen LogP) is 0.322. The highest BCUT2D eigenvalue weighted by molar-refractivity contribution is 5.04. The fourth-order valence-electron chi connectivity index (χ4n) is 1.37. The van der Waals surface area contributed by atoms with E-state index in [1.54, 1.807) is 0 Å². The molecule has 1 aliphatic heterocycles. The van der Waals surface area contributed by atoms with E-state index in [4.69, 9.17) is 14.6 Å². The van der Waals surface area contributed by atoms with Gasteiger partial charge in [0.1, 0.15) is 24.6 Å². The highest BCUT2D eigenvalue weighted by Gasteiger charge is 2.38. The first-order valence-corrected chi connectivity index (χ1v) is 4.86. The van der Waals surface area contributed by atoms with Crippen LogP contribution in [0.2, 0.25) is 0 Å². The van der Waals surface area contributed by atoms with Gasteiger partial charge in [-0.15, -0.1) is 0 Å². The van der Waals surface area contributed by atoms with Crippen molar-refractivity contribution in [1.82, 2.24) is 0 Å². The Morgan fingerprint density at radius 3 is 2.53 bits per heavy atom. The van der Waals surface area contributed by atoms with E-state index in [2.05, 4.69) is 0 Å². The molecule has 0 aromatic rings. The SMILES string of the molecule is CC(C)(C)O[C@H]1C(CO)OC=C(O)[C@@H]1O. The first-order valence-electron chi connectivity index (χ1n) is 4.86. The van der Waals surface area contributed by atoms with E-state index < -0.39 is 23.9 Å². The molecule has 0 spiro atoms. The molecular weight excluding hydrogens is 200 g/mol. The molecule has 0 amide bonds. The van der Waals surface area contributed by atoms with Crippen molar-refractivity contribution in [3.63, 3.8) is 0 Å². The van der Waals surface area contributed by atoms with Crippen LogP contribution in [0, 0.1) is 0 Å². The number of rotatable bonds is 2. The predicted molar refractivity (Wildman–Crippen MR) is 53.3 cm³/mol. The van der Waals surface area contributed by atoms with E-state index in [1.807, 2.05) is 20.8 Å². The molecule has 0 saturated carbocycles. The van der Waals surface area contributed by atoms with Crippen molar-refractivity contribution in [1.29, 1.82) is 0 Å². The Morgan fingerprint density at radius 1 is 1.47 bits per heavy atom. The van der Waals surface area contributed by atoms with Gasteiger partial charge in [0.2, 0.25) is 0 Å². The monoisotopic (exact) mass is 218 g/mol. The molecule has 3 N–H and O–H groups in total. The summed E-state index contributed by atoms with van der Waals surface area (Å²) in [7, 11) is 0. The van der Waals surface area contributed by atoms with Crippen molar-refractivity contribution in [2.24, 2.45) is 0 Å². The fraction of sp³-hybridized carbons (Fsp3) is 0.800. The average molecular weight is 218 g/mol. The minimum Gasteiger partial charge on any atom is -0.506 e. The smallest absolute Gasteiger partial charge is 0.158 e. The molecular formula is C10H18O5. The van der Waals surface area contributed by atoms with Crippen molar-refractivity contribution in [3.8, 4) is 0 Å². The summed E-state index contributed by atoms with van der Waals surface area (Å²) in [5.74, 6) is -0.283. The first-order chi connectivity index (χ1) is 6.85. The summed E-state index contributed by atoms with van der Waals surface area (Å²) < 4.78 is 10.6. The van der Waals surface area contributed by atoms with Crippen LogP contribution in [0.25, 0.3) is 0 Å². The van der Waals surface area contributed by atoms with Gasteiger partial charge in [-0.05, 0) is 20.8 Å². The molecule has 0 aromatic heterocycles. The Morgan fingerprint density at radius 2 is 2.07 bits per heavy atom. The normalized spacial score (nSPS) is 32.1. The zero-order chi connectivity index (χ0) is 11.6. The molecule has 0 aromatic carbocycles. The largest absolute Gasteiger partial charge is 0.506 e. The quantitative estimate of drug-likeness (QED) is 0.622. The van der Waals surface area contributed by atoms with Gasteiger partial charge in [0.05, 0.1) is 12.2 Å². The van der Waals surface area contributed by atoms with Crippen LogP contribution in [0.1, 0.15) is 20.8 Å². The molecule has 1 heterocycles. The number of aliphatic hydroxyl groups excluding tert-OH is 3.